The number of hydrogen-bond acceptors (Lipinski definition) is 2. The number of para-hydroxylation sites is 1. The lowest BCUT2D eigenvalue weighted by Crippen LogP contribution is -2.01. The minimum Gasteiger partial charge on any atom is -0.398 e. The van der Waals surface area contributed by atoms with Crippen LogP contribution in [0.25, 0.3) is 49.4 Å². The fraction of sp³-hybridized carbons (Fsp3) is 0.0541. The van der Waals surface area contributed by atoms with Gasteiger partial charge in [-0.05, 0) is 65.8 Å². The molecule has 6 rings (SSSR count). The standard InChI is InChI=1S/C37H31N3/c1-2-27(25-38)35(39)16-10-9-11-26-17-20-33-34-22-19-30-24-29(28-12-5-3-6-13-28)18-21-32(30)37(34)40(36(33)23-26)31-14-7-4-8-15-31/h2-10,12-25,38H,11,39H2,1H3/b10-9-,27-2+,35-16-,38-25?. The second-order valence-corrected chi connectivity index (χ2v) is 9.93. The molecule has 0 aliphatic rings. The Balaban J connectivity index is 1.49. The summed E-state index contributed by atoms with van der Waals surface area (Å²) >= 11 is 0. The summed E-state index contributed by atoms with van der Waals surface area (Å²) in [6, 6.07) is 39.3. The molecule has 3 nitrogen and oxygen atoms in total. The lowest BCUT2D eigenvalue weighted by Gasteiger charge is -2.11. The highest BCUT2D eigenvalue weighted by Gasteiger charge is 2.15. The number of rotatable bonds is 7. The molecule has 0 fully saturated rings. The summed E-state index contributed by atoms with van der Waals surface area (Å²) in [6.45, 7) is 1.89. The van der Waals surface area contributed by atoms with Crippen LogP contribution >= 0.6 is 0 Å². The Kier molecular flexibility index (Phi) is 6.86. The van der Waals surface area contributed by atoms with Crippen molar-refractivity contribution in [1.29, 1.82) is 5.41 Å². The number of aromatic nitrogens is 1. The first-order valence-corrected chi connectivity index (χ1v) is 13.6. The third-order valence-electron chi connectivity index (χ3n) is 7.49. The van der Waals surface area contributed by atoms with Crippen LogP contribution in [-0.4, -0.2) is 10.8 Å². The number of hydrogen-bond donors (Lipinski definition) is 2. The Labute approximate surface area is 234 Å². The fourth-order valence-electron chi connectivity index (χ4n) is 5.47. The van der Waals surface area contributed by atoms with Crippen molar-refractivity contribution >= 4 is 38.8 Å². The average Bonchev–Trinajstić information content (AvgIpc) is 3.34. The third kappa shape index (κ3) is 4.63. The molecule has 40 heavy (non-hydrogen) atoms. The van der Waals surface area contributed by atoms with Gasteiger partial charge in [0, 0.05) is 39.3 Å². The van der Waals surface area contributed by atoms with Crippen LogP contribution in [0.15, 0.2) is 145 Å². The third-order valence-corrected chi connectivity index (χ3v) is 7.49. The lowest BCUT2D eigenvalue weighted by atomic mass is 9.99. The van der Waals surface area contributed by atoms with E-state index in [0.29, 0.717) is 5.70 Å². The van der Waals surface area contributed by atoms with Gasteiger partial charge >= 0.3 is 0 Å². The van der Waals surface area contributed by atoms with Gasteiger partial charge in [-0.2, -0.15) is 0 Å². The molecule has 0 spiro atoms. The first-order chi connectivity index (χ1) is 19.7. The first kappa shape index (κ1) is 25.1. The van der Waals surface area contributed by atoms with E-state index in [2.05, 4.69) is 120 Å². The number of nitrogens with zero attached hydrogens (tertiary/aromatic N) is 1. The Morgan fingerprint density at radius 1 is 0.775 bits per heavy atom. The summed E-state index contributed by atoms with van der Waals surface area (Å²) in [6.07, 6.45) is 9.85. The molecule has 0 unspecified atom stereocenters. The second kappa shape index (κ2) is 10.9. The zero-order valence-electron chi connectivity index (χ0n) is 22.5. The highest BCUT2D eigenvalue weighted by molar-refractivity contribution is 6.19. The first-order valence-electron chi connectivity index (χ1n) is 13.6. The largest absolute Gasteiger partial charge is 0.398 e. The minimum absolute atomic E-state index is 0.593. The maximum absolute atomic E-state index is 7.48. The van der Waals surface area contributed by atoms with Crippen molar-refractivity contribution < 1.29 is 0 Å². The minimum atomic E-state index is 0.593. The van der Waals surface area contributed by atoms with E-state index >= 15 is 0 Å². The molecule has 1 heterocycles. The topological polar surface area (TPSA) is 54.8 Å². The number of nitrogens with two attached hydrogens (primary N) is 1. The van der Waals surface area contributed by atoms with Crippen LogP contribution < -0.4 is 5.73 Å². The molecular weight excluding hydrogens is 486 g/mol. The molecule has 1 aromatic heterocycles. The fourth-order valence-corrected chi connectivity index (χ4v) is 5.47. The van der Waals surface area contributed by atoms with Crippen molar-refractivity contribution in [1.82, 2.24) is 4.57 Å². The van der Waals surface area contributed by atoms with Crippen molar-refractivity contribution in [3.63, 3.8) is 0 Å². The van der Waals surface area contributed by atoms with Crippen molar-refractivity contribution in [2.45, 2.75) is 13.3 Å². The summed E-state index contributed by atoms with van der Waals surface area (Å²) < 4.78 is 2.41. The van der Waals surface area contributed by atoms with Gasteiger partial charge in [-0.15, -0.1) is 0 Å². The predicted molar refractivity (Wildman–Crippen MR) is 171 cm³/mol. The SMILES string of the molecule is C/C=C(C=N)/C(N)=C/C=C\Cc1ccc2c3ccc4cc(-c5ccccc5)ccc4c3n(-c3ccccc3)c2c1. The zero-order valence-corrected chi connectivity index (χ0v) is 22.5. The average molecular weight is 518 g/mol. The van der Waals surface area contributed by atoms with Crippen LogP contribution in [0.4, 0.5) is 0 Å². The van der Waals surface area contributed by atoms with Crippen LogP contribution in [0, 0.1) is 5.41 Å². The molecule has 3 heteroatoms. The van der Waals surface area contributed by atoms with Gasteiger partial charge in [-0.25, -0.2) is 0 Å². The van der Waals surface area contributed by atoms with E-state index in [1.807, 2.05) is 25.2 Å². The molecule has 3 N–H and O–H groups in total. The molecule has 6 aromatic rings. The maximum atomic E-state index is 7.48. The molecule has 0 atom stereocenters. The van der Waals surface area contributed by atoms with Gasteiger partial charge < -0.3 is 15.7 Å². The normalized spacial score (nSPS) is 12.6. The van der Waals surface area contributed by atoms with Crippen molar-refractivity contribution in [2.24, 2.45) is 5.73 Å². The van der Waals surface area contributed by atoms with Crippen molar-refractivity contribution in [3.05, 3.63) is 150 Å². The molecule has 194 valence electrons. The Morgan fingerprint density at radius 3 is 2.25 bits per heavy atom. The maximum Gasteiger partial charge on any atom is 0.0619 e. The summed E-state index contributed by atoms with van der Waals surface area (Å²) in [5.74, 6) is 0. The second-order valence-electron chi connectivity index (χ2n) is 9.93. The Bertz CT molecular complexity index is 1940. The van der Waals surface area contributed by atoms with Crippen LogP contribution in [0.3, 0.4) is 0 Å². The van der Waals surface area contributed by atoms with Gasteiger partial charge in [0.1, 0.15) is 0 Å². The summed E-state index contributed by atoms with van der Waals surface area (Å²) in [4.78, 5) is 0. The molecule has 0 bridgehead atoms. The Hall–Kier alpha value is -5.15. The van der Waals surface area contributed by atoms with Crippen LogP contribution in [0.1, 0.15) is 12.5 Å². The molecule has 5 aromatic carbocycles. The van der Waals surface area contributed by atoms with Crippen LogP contribution in [0.2, 0.25) is 0 Å². The van der Waals surface area contributed by atoms with E-state index in [9.17, 15) is 0 Å². The summed E-state index contributed by atoms with van der Waals surface area (Å²) in [7, 11) is 0. The van der Waals surface area contributed by atoms with E-state index in [4.69, 9.17) is 11.1 Å². The number of fused-ring (bicyclic) bond motifs is 5. The van der Waals surface area contributed by atoms with Gasteiger partial charge in [0.2, 0.25) is 0 Å². The monoisotopic (exact) mass is 517 g/mol. The van der Waals surface area contributed by atoms with E-state index in [0.717, 1.165) is 17.7 Å². The Morgan fingerprint density at radius 2 is 1.50 bits per heavy atom. The molecule has 0 saturated heterocycles. The van der Waals surface area contributed by atoms with E-state index in [1.165, 1.54) is 55.5 Å². The number of allylic oxidation sites excluding steroid dienone is 5. The van der Waals surface area contributed by atoms with Gasteiger partial charge in [-0.3, -0.25) is 0 Å². The van der Waals surface area contributed by atoms with Crippen molar-refractivity contribution in [2.75, 3.05) is 0 Å². The highest BCUT2D eigenvalue weighted by Crippen LogP contribution is 2.38. The van der Waals surface area contributed by atoms with Gasteiger partial charge in [-0.1, -0.05) is 103 Å². The summed E-state index contributed by atoms with van der Waals surface area (Å²) in [5.41, 5.74) is 14.7. The zero-order chi connectivity index (χ0) is 27.5. The quantitative estimate of drug-likeness (QED) is 0.161. The molecule has 0 amide bonds. The van der Waals surface area contributed by atoms with Gasteiger partial charge in [0.05, 0.1) is 11.0 Å². The van der Waals surface area contributed by atoms with E-state index < -0.39 is 0 Å². The molecule has 0 aliphatic heterocycles. The summed E-state index contributed by atoms with van der Waals surface area (Å²) in [5, 5.41) is 12.4. The lowest BCUT2D eigenvalue weighted by molar-refractivity contribution is 1.18. The molecule has 0 aliphatic carbocycles. The molecule has 0 saturated carbocycles. The predicted octanol–water partition coefficient (Wildman–Crippen LogP) is 9.14. The highest BCUT2D eigenvalue weighted by atomic mass is 15.0. The smallest absolute Gasteiger partial charge is 0.0619 e. The number of benzene rings is 5. The molecular formula is C37H31N3. The van der Waals surface area contributed by atoms with Crippen LogP contribution in [-0.2, 0) is 6.42 Å². The van der Waals surface area contributed by atoms with E-state index in [1.54, 1.807) is 0 Å². The van der Waals surface area contributed by atoms with Gasteiger partial charge in [0.25, 0.3) is 0 Å². The number of nitrogens with one attached hydrogen (secondary N) is 1. The van der Waals surface area contributed by atoms with Gasteiger partial charge in [0.15, 0.2) is 0 Å². The molecule has 0 radical (unpaired) electrons. The van der Waals surface area contributed by atoms with Crippen molar-refractivity contribution in [3.8, 4) is 16.8 Å². The van der Waals surface area contributed by atoms with Crippen LogP contribution in [0.5, 0.6) is 0 Å². The van der Waals surface area contributed by atoms with E-state index in [-0.39, 0.29) is 0 Å².